The number of ether oxygens (including phenoxy) is 1. The van der Waals surface area contributed by atoms with E-state index in [9.17, 15) is 0 Å². The number of hydrogen-bond donors (Lipinski definition) is 1. The van der Waals surface area contributed by atoms with Gasteiger partial charge in [0.1, 0.15) is 6.73 Å². The maximum absolute atomic E-state index is 5.79. The molecule has 1 unspecified atom stereocenters. The van der Waals surface area contributed by atoms with Crippen LogP contribution in [-0.2, 0) is 24.5 Å². The first-order valence-electron chi connectivity index (χ1n) is 7.34. The molecule has 1 aromatic carbocycles. The van der Waals surface area contributed by atoms with Crippen LogP contribution in [0.5, 0.6) is 0 Å². The molecule has 1 heterocycles. The Kier molecular flexibility index (Phi) is 4.19. The third kappa shape index (κ3) is 2.94. The molecule has 1 aliphatic rings. The second kappa shape index (κ2) is 6.25. The lowest BCUT2D eigenvalue weighted by molar-refractivity contribution is 0.0641. The van der Waals surface area contributed by atoms with E-state index in [2.05, 4.69) is 34.4 Å². The van der Waals surface area contributed by atoms with E-state index in [0.717, 1.165) is 0 Å². The third-order valence-corrected chi connectivity index (χ3v) is 4.01. The largest absolute Gasteiger partial charge is 0.356 e. The van der Waals surface area contributed by atoms with Crippen LogP contribution in [0.4, 0.5) is 0 Å². The Morgan fingerprint density at radius 1 is 1.25 bits per heavy atom. The normalized spacial score (nSPS) is 17.9. The van der Waals surface area contributed by atoms with Crippen LogP contribution in [-0.4, -0.2) is 11.6 Å². The Hall–Kier alpha value is -1.58. The maximum Gasteiger partial charge on any atom is 0.122 e. The number of aryl methyl sites for hydroxylation is 1. The fourth-order valence-corrected chi connectivity index (χ4v) is 2.97. The van der Waals surface area contributed by atoms with Crippen LogP contribution in [0.25, 0.3) is 0 Å². The van der Waals surface area contributed by atoms with Crippen molar-refractivity contribution >= 4 is 0 Å². The number of fused-ring (bicyclic) bond motifs is 1. The summed E-state index contributed by atoms with van der Waals surface area (Å²) in [6.45, 7) is 1.29. The minimum absolute atomic E-state index is 0.508. The molecule has 0 bridgehead atoms. The van der Waals surface area contributed by atoms with Gasteiger partial charge in [-0.25, -0.2) is 0 Å². The quantitative estimate of drug-likeness (QED) is 0.902. The number of benzene rings is 1. The number of nitrogens with one attached hydrogen (secondary N) is 1. The molecule has 0 amide bonds. The van der Waals surface area contributed by atoms with E-state index in [1.807, 2.05) is 25.2 Å². The van der Waals surface area contributed by atoms with E-state index in [-0.39, 0.29) is 0 Å². The summed E-state index contributed by atoms with van der Waals surface area (Å²) in [5.41, 5.74) is 4.14. The van der Waals surface area contributed by atoms with Gasteiger partial charge in [-0.05, 0) is 43.0 Å². The monoisotopic (exact) mass is 270 g/mol. The Morgan fingerprint density at radius 3 is 2.90 bits per heavy atom. The van der Waals surface area contributed by atoms with E-state index in [1.54, 1.807) is 0 Å². The molecule has 3 rings (SSSR count). The van der Waals surface area contributed by atoms with Gasteiger partial charge in [0, 0.05) is 18.4 Å². The molecule has 1 atom stereocenters. The lowest BCUT2D eigenvalue weighted by Gasteiger charge is -2.21. The number of aromatic nitrogens is 1. The van der Waals surface area contributed by atoms with Gasteiger partial charge >= 0.3 is 0 Å². The van der Waals surface area contributed by atoms with Gasteiger partial charge in [0.2, 0.25) is 0 Å². The van der Waals surface area contributed by atoms with Crippen molar-refractivity contribution in [3.05, 3.63) is 59.4 Å². The minimum Gasteiger partial charge on any atom is -0.356 e. The predicted molar refractivity (Wildman–Crippen MR) is 80.4 cm³/mol. The first-order valence-corrected chi connectivity index (χ1v) is 7.34. The molecule has 1 N–H and O–H groups in total. The third-order valence-electron chi connectivity index (χ3n) is 4.01. The topological polar surface area (TPSA) is 26.2 Å². The average molecular weight is 270 g/mol. The fraction of sp³-hybridized carbons (Fsp3) is 0.412. The molecule has 20 heavy (non-hydrogen) atoms. The molecule has 0 spiro atoms. The van der Waals surface area contributed by atoms with Crippen LogP contribution < -0.4 is 5.32 Å². The van der Waals surface area contributed by atoms with Crippen LogP contribution >= 0.6 is 0 Å². The second-order valence-electron chi connectivity index (χ2n) is 5.45. The van der Waals surface area contributed by atoms with Crippen molar-refractivity contribution in [3.63, 3.8) is 0 Å². The predicted octanol–water partition coefficient (Wildman–Crippen LogP) is 3.26. The highest BCUT2D eigenvalue weighted by Gasteiger charge is 2.20. The Bertz CT molecular complexity index is 547. The fourth-order valence-electron chi connectivity index (χ4n) is 2.97. The summed E-state index contributed by atoms with van der Waals surface area (Å²) in [5.74, 6) is 0. The lowest BCUT2D eigenvalue weighted by atomic mass is 9.91. The Labute approximate surface area is 120 Å². The van der Waals surface area contributed by atoms with Crippen molar-refractivity contribution in [3.8, 4) is 0 Å². The lowest BCUT2D eigenvalue weighted by Crippen LogP contribution is -2.20. The van der Waals surface area contributed by atoms with E-state index in [0.29, 0.717) is 19.4 Å². The van der Waals surface area contributed by atoms with E-state index >= 15 is 0 Å². The molecule has 0 aliphatic heterocycles. The Morgan fingerprint density at radius 2 is 2.10 bits per heavy atom. The number of nitrogens with zero attached hydrogens (tertiary/aromatic N) is 1. The van der Waals surface area contributed by atoms with Gasteiger partial charge in [-0.1, -0.05) is 30.3 Å². The van der Waals surface area contributed by atoms with E-state index < -0.39 is 0 Å². The average Bonchev–Trinajstić information content (AvgIpc) is 2.91. The summed E-state index contributed by atoms with van der Waals surface area (Å²) in [5, 5.41) is 3.40. The standard InChI is InChI=1S/C17H22N2O/c1-18-17-9-5-8-15-10-19(11-16(15)17)13-20-12-14-6-3-2-4-7-14/h2-4,6-7,10-11,17-18H,5,8-9,12-13H2,1H3. The first-order chi connectivity index (χ1) is 9.86. The highest BCUT2D eigenvalue weighted by molar-refractivity contribution is 5.30. The van der Waals surface area contributed by atoms with Gasteiger partial charge < -0.3 is 14.6 Å². The summed E-state index contributed by atoms with van der Waals surface area (Å²) in [4.78, 5) is 0. The van der Waals surface area contributed by atoms with Gasteiger partial charge in [-0.15, -0.1) is 0 Å². The summed E-state index contributed by atoms with van der Waals surface area (Å²) in [7, 11) is 2.04. The molecule has 0 fully saturated rings. The van der Waals surface area contributed by atoms with Gasteiger partial charge in [0.25, 0.3) is 0 Å². The van der Waals surface area contributed by atoms with Crippen LogP contribution in [0.2, 0.25) is 0 Å². The highest BCUT2D eigenvalue weighted by atomic mass is 16.5. The van der Waals surface area contributed by atoms with Crippen molar-refractivity contribution in [2.24, 2.45) is 0 Å². The highest BCUT2D eigenvalue weighted by Crippen LogP contribution is 2.30. The molecule has 2 aromatic rings. The molecule has 0 saturated carbocycles. The van der Waals surface area contributed by atoms with Crippen molar-refractivity contribution in [1.29, 1.82) is 0 Å². The van der Waals surface area contributed by atoms with E-state index in [1.165, 1.54) is 36.0 Å². The number of hydrogen-bond acceptors (Lipinski definition) is 2. The molecule has 0 saturated heterocycles. The van der Waals surface area contributed by atoms with Gasteiger partial charge in [0.05, 0.1) is 6.61 Å². The zero-order valence-electron chi connectivity index (χ0n) is 12.0. The second-order valence-corrected chi connectivity index (χ2v) is 5.45. The van der Waals surface area contributed by atoms with Gasteiger partial charge in [-0.3, -0.25) is 0 Å². The zero-order valence-corrected chi connectivity index (χ0v) is 12.0. The summed E-state index contributed by atoms with van der Waals surface area (Å²) < 4.78 is 7.96. The molecule has 1 aromatic heterocycles. The zero-order chi connectivity index (χ0) is 13.8. The molecule has 3 heteroatoms. The smallest absolute Gasteiger partial charge is 0.122 e. The minimum atomic E-state index is 0.508. The maximum atomic E-state index is 5.79. The van der Waals surface area contributed by atoms with Crippen molar-refractivity contribution in [2.45, 2.75) is 38.6 Å². The molecule has 0 radical (unpaired) electrons. The molecule has 1 aliphatic carbocycles. The van der Waals surface area contributed by atoms with Crippen molar-refractivity contribution in [2.75, 3.05) is 7.05 Å². The van der Waals surface area contributed by atoms with Crippen LogP contribution in [0, 0.1) is 0 Å². The molecular weight excluding hydrogens is 248 g/mol. The first kappa shape index (κ1) is 13.4. The van der Waals surface area contributed by atoms with Gasteiger partial charge in [-0.2, -0.15) is 0 Å². The van der Waals surface area contributed by atoms with Gasteiger partial charge in [0.15, 0.2) is 0 Å². The molecule has 106 valence electrons. The van der Waals surface area contributed by atoms with Crippen molar-refractivity contribution < 1.29 is 4.74 Å². The van der Waals surface area contributed by atoms with Crippen LogP contribution in [0.1, 0.15) is 35.6 Å². The summed E-state index contributed by atoms with van der Waals surface area (Å²) >= 11 is 0. The molecular formula is C17H22N2O. The van der Waals surface area contributed by atoms with Crippen LogP contribution in [0.3, 0.4) is 0 Å². The molecule has 3 nitrogen and oxygen atoms in total. The summed E-state index contributed by atoms with van der Waals surface area (Å²) in [6.07, 6.45) is 8.18. The SMILES string of the molecule is CNC1CCCc2cn(COCc3ccccc3)cc21. The summed E-state index contributed by atoms with van der Waals surface area (Å²) in [6, 6.07) is 10.8. The Balaban J connectivity index is 1.60. The van der Waals surface area contributed by atoms with E-state index in [4.69, 9.17) is 4.74 Å². The van der Waals surface area contributed by atoms with Crippen LogP contribution in [0.15, 0.2) is 42.7 Å². The van der Waals surface area contributed by atoms with Crippen molar-refractivity contribution in [1.82, 2.24) is 9.88 Å². The number of rotatable bonds is 5.